The van der Waals surface area contributed by atoms with Crippen LogP contribution in [0.4, 0.5) is 0 Å². The first kappa shape index (κ1) is 11.5. The van der Waals surface area contributed by atoms with Gasteiger partial charge in [0.1, 0.15) is 0 Å². The molecule has 0 radical (unpaired) electrons. The van der Waals surface area contributed by atoms with E-state index in [4.69, 9.17) is 4.74 Å². The van der Waals surface area contributed by atoms with Gasteiger partial charge in [-0.05, 0) is 46.1 Å². The van der Waals surface area contributed by atoms with E-state index in [0.29, 0.717) is 5.92 Å². The van der Waals surface area contributed by atoms with Crippen molar-refractivity contribution in [1.82, 2.24) is 0 Å². The molecule has 0 fully saturated rings. The predicted molar refractivity (Wildman–Crippen MR) is 61.3 cm³/mol. The monoisotopic (exact) mass is 194 g/mol. The summed E-state index contributed by atoms with van der Waals surface area (Å²) in [5.41, 5.74) is 4.57. The first-order valence-electron chi connectivity index (χ1n) is 5.59. The summed E-state index contributed by atoms with van der Waals surface area (Å²) < 4.78 is 5.53. The fourth-order valence-electron chi connectivity index (χ4n) is 2.13. The van der Waals surface area contributed by atoms with Gasteiger partial charge in [-0.2, -0.15) is 0 Å². The molecule has 1 atom stereocenters. The zero-order chi connectivity index (χ0) is 10.6. The molecule has 0 spiro atoms. The Hall–Kier alpha value is -0.560. The molecule has 14 heavy (non-hydrogen) atoms. The molecule has 1 heteroatoms. The average molecular weight is 194 g/mol. The van der Waals surface area contributed by atoms with E-state index in [2.05, 4.69) is 33.8 Å². The first-order valence-corrected chi connectivity index (χ1v) is 5.59. The highest BCUT2D eigenvalue weighted by Crippen LogP contribution is 2.36. The third-order valence-electron chi connectivity index (χ3n) is 3.24. The maximum Gasteiger partial charge on any atom is 0.0685 e. The molecule has 0 bridgehead atoms. The van der Waals surface area contributed by atoms with Gasteiger partial charge in [-0.15, -0.1) is 0 Å². The molecule has 0 heterocycles. The molecular formula is C13H22O. The molecule has 0 aromatic rings. The molecular weight excluding hydrogens is 172 g/mol. The van der Waals surface area contributed by atoms with Crippen molar-refractivity contribution in [3.63, 3.8) is 0 Å². The maximum absolute atomic E-state index is 5.53. The van der Waals surface area contributed by atoms with E-state index in [9.17, 15) is 0 Å². The van der Waals surface area contributed by atoms with Gasteiger partial charge in [0.15, 0.2) is 0 Å². The summed E-state index contributed by atoms with van der Waals surface area (Å²) >= 11 is 0. The van der Waals surface area contributed by atoms with Crippen LogP contribution in [0.3, 0.4) is 0 Å². The van der Waals surface area contributed by atoms with Crippen LogP contribution in [0.5, 0.6) is 0 Å². The zero-order valence-corrected chi connectivity index (χ0v) is 9.89. The van der Waals surface area contributed by atoms with E-state index in [1.165, 1.54) is 24.0 Å². The van der Waals surface area contributed by atoms with Gasteiger partial charge in [0, 0.05) is 12.5 Å². The van der Waals surface area contributed by atoms with Gasteiger partial charge < -0.3 is 4.74 Å². The van der Waals surface area contributed by atoms with E-state index < -0.39 is 0 Å². The minimum Gasteiger partial charge on any atom is -0.377 e. The normalized spacial score (nSPS) is 23.4. The molecule has 0 amide bonds. The van der Waals surface area contributed by atoms with E-state index >= 15 is 0 Å². The summed E-state index contributed by atoms with van der Waals surface area (Å²) in [5, 5.41) is 0. The Morgan fingerprint density at radius 2 is 2.29 bits per heavy atom. The lowest BCUT2D eigenvalue weighted by molar-refractivity contribution is 0.166. The fraction of sp³-hybridized carbons (Fsp3) is 0.692. The van der Waals surface area contributed by atoms with E-state index in [0.717, 1.165) is 13.2 Å². The first-order chi connectivity index (χ1) is 6.70. The Bertz CT molecular complexity index is 248. The summed E-state index contributed by atoms with van der Waals surface area (Å²) in [6.45, 7) is 10.3. The van der Waals surface area contributed by atoms with Gasteiger partial charge in [-0.3, -0.25) is 0 Å². The summed E-state index contributed by atoms with van der Waals surface area (Å²) in [5.74, 6) is 0.659. The quantitative estimate of drug-likeness (QED) is 0.620. The molecule has 0 aromatic carbocycles. The van der Waals surface area contributed by atoms with E-state index in [1.807, 2.05) is 0 Å². The Morgan fingerprint density at radius 1 is 1.57 bits per heavy atom. The van der Waals surface area contributed by atoms with Crippen LogP contribution in [0.1, 0.15) is 40.5 Å². The Kier molecular flexibility index (Phi) is 4.40. The van der Waals surface area contributed by atoms with Crippen molar-refractivity contribution < 1.29 is 4.74 Å². The highest BCUT2D eigenvalue weighted by molar-refractivity contribution is 5.29. The van der Waals surface area contributed by atoms with E-state index in [-0.39, 0.29) is 0 Å². The van der Waals surface area contributed by atoms with Crippen molar-refractivity contribution in [1.29, 1.82) is 0 Å². The van der Waals surface area contributed by atoms with Gasteiger partial charge in [0.05, 0.1) is 6.61 Å². The van der Waals surface area contributed by atoms with Crippen LogP contribution in [-0.2, 0) is 4.74 Å². The average Bonchev–Trinajstić information content (AvgIpc) is 2.56. The molecule has 80 valence electrons. The Balaban J connectivity index is 2.70. The molecule has 0 saturated carbocycles. The number of ether oxygens (including phenoxy) is 1. The van der Waals surface area contributed by atoms with Crippen LogP contribution in [0.2, 0.25) is 0 Å². The van der Waals surface area contributed by atoms with Crippen LogP contribution in [-0.4, -0.2) is 13.2 Å². The van der Waals surface area contributed by atoms with Gasteiger partial charge in [0.25, 0.3) is 0 Å². The number of hydrogen-bond donors (Lipinski definition) is 0. The summed E-state index contributed by atoms with van der Waals surface area (Å²) in [6, 6.07) is 0. The van der Waals surface area contributed by atoms with Crippen LogP contribution in [0, 0.1) is 5.92 Å². The Labute approximate surface area is 87.8 Å². The van der Waals surface area contributed by atoms with Crippen molar-refractivity contribution in [3.8, 4) is 0 Å². The minimum atomic E-state index is 0.659. The highest BCUT2D eigenvalue weighted by Gasteiger charge is 2.23. The van der Waals surface area contributed by atoms with Gasteiger partial charge in [-0.1, -0.05) is 17.2 Å². The van der Waals surface area contributed by atoms with Crippen LogP contribution >= 0.6 is 0 Å². The third kappa shape index (κ3) is 2.48. The lowest BCUT2D eigenvalue weighted by atomic mass is 9.93. The molecule has 0 saturated heterocycles. The molecule has 0 aromatic heterocycles. The van der Waals surface area contributed by atoms with E-state index in [1.54, 1.807) is 5.57 Å². The van der Waals surface area contributed by atoms with Crippen LogP contribution < -0.4 is 0 Å². The summed E-state index contributed by atoms with van der Waals surface area (Å²) in [6.07, 6.45) is 4.76. The number of allylic oxidation sites excluding steroid dienone is 3. The predicted octanol–water partition coefficient (Wildman–Crippen LogP) is 3.72. The maximum atomic E-state index is 5.53. The summed E-state index contributed by atoms with van der Waals surface area (Å²) in [4.78, 5) is 0. The van der Waals surface area contributed by atoms with Crippen molar-refractivity contribution in [2.45, 2.75) is 40.5 Å². The van der Waals surface area contributed by atoms with Gasteiger partial charge >= 0.3 is 0 Å². The molecule has 1 aliphatic rings. The van der Waals surface area contributed by atoms with Crippen molar-refractivity contribution in [2.24, 2.45) is 5.92 Å². The van der Waals surface area contributed by atoms with Crippen molar-refractivity contribution in [3.05, 3.63) is 22.8 Å². The highest BCUT2D eigenvalue weighted by atomic mass is 16.5. The van der Waals surface area contributed by atoms with Gasteiger partial charge in [-0.25, -0.2) is 0 Å². The standard InChI is InChI=1S/C13H22O/c1-5-10(3)12-8-7-11(4)13(12)9-14-6-2/h5,12H,6-9H2,1-4H3. The summed E-state index contributed by atoms with van der Waals surface area (Å²) in [7, 11) is 0. The largest absolute Gasteiger partial charge is 0.377 e. The number of rotatable bonds is 4. The second-order valence-electron chi connectivity index (χ2n) is 4.07. The smallest absolute Gasteiger partial charge is 0.0685 e. The molecule has 0 N–H and O–H groups in total. The molecule has 1 aliphatic carbocycles. The number of hydrogen-bond acceptors (Lipinski definition) is 1. The fourth-order valence-corrected chi connectivity index (χ4v) is 2.13. The second-order valence-corrected chi connectivity index (χ2v) is 4.07. The molecule has 1 nitrogen and oxygen atoms in total. The minimum absolute atomic E-state index is 0.659. The van der Waals surface area contributed by atoms with Crippen molar-refractivity contribution in [2.75, 3.05) is 13.2 Å². The van der Waals surface area contributed by atoms with Crippen molar-refractivity contribution >= 4 is 0 Å². The SMILES string of the molecule is CC=C(C)C1CCC(C)=C1COCC. The lowest BCUT2D eigenvalue weighted by Crippen LogP contribution is -2.08. The molecule has 1 unspecified atom stereocenters. The molecule has 1 rings (SSSR count). The van der Waals surface area contributed by atoms with Crippen LogP contribution in [0.15, 0.2) is 22.8 Å². The van der Waals surface area contributed by atoms with Gasteiger partial charge in [0.2, 0.25) is 0 Å². The zero-order valence-electron chi connectivity index (χ0n) is 9.89. The second kappa shape index (κ2) is 5.35. The third-order valence-corrected chi connectivity index (χ3v) is 3.24. The van der Waals surface area contributed by atoms with Crippen LogP contribution in [0.25, 0.3) is 0 Å². The lowest BCUT2D eigenvalue weighted by Gasteiger charge is -2.16. The Morgan fingerprint density at radius 3 is 2.86 bits per heavy atom. The molecule has 0 aliphatic heterocycles. The topological polar surface area (TPSA) is 9.23 Å².